The molecule has 2 heterocycles. The average molecular weight is 391 g/mol. The molecule has 0 saturated carbocycles. The number of aromatic hydroxyl groups is 1. The number of azo groups is 1. The molecular formula is C20H17N5O2S. The first-order chi connectivity index (χ1) is 13.5. The van der Waals surface area contributed by atoms with Crippen LogP contribution in [0.5, 0.6) is 5.75 Å². The van der Waals surface area contributed by atoms with Gasteiger partial charge in [0.1, 0.15) is 5.75 Å². The van der Waals surface area contributed by atoms with Crippen LogP contribution in [0.25, 0.3) is 16.4 Å². The number of hydrogen-bond donors (Lipinski definition) is 2. The summed E-state index contributed by atoms with van der Waals surface area (Å²) in [7, 11) is 0. The highest BCUT2D eigenvalue weighted by Crippen LogP contribution is 2.25. The van der Waals surface area contributed by atoms with Crippen LogP contribution in [0.4, 0.5) is 11.4 Å². The van der Waals surface area contributed by atoms with E-state index in [0.717, 1.165) is 11.3 Å². The van der Waals surface area contributed by atoms with E-state index in [2.05, 4.69) is 20.3 Å². The third-order valence-electron chi connectivity index (χ3n) is 4.17. The van der Waals surface area contributed by atoms with Crippen LogP contribution < -0.4 is 5.56 Å². The molecule has 0 aliphatic heterocycles. The molecule has 0 unspecified atom stereocenters. The van der Waals surface area contributed by atoms with Crippen molar-refractivity contribution in [2.24, 2.45) is 10.2 Å². The summed E-state index contributed by atoms with van der Waals surface area (Å²) in [6.45, 7) is 3.79. The Morgan fingerprint density at radius 1 is 1.11 bits per heavy atom. The van der Waals surface area contributed by atoms with Crippen molar-refractivity contribution in [3.8, 4) is 22.1 Å². The Labute approximate surface area is 164 Å². The lowest BCUT2D eigenvalue weighted by molar-refractivity contribution is 0.475. The van der Waals surface area contributed by atoms with E-state index in [1.807, 2.05) is 36.6 Å². The topological polar surface area (TPSA) is 95.6 Å². The summed E-state index contributed by atoms with van der Waals surface area (Å²) in [5.41, 5.74) is 3.90. The van der Waals surface area contributed by atoms with Crippen LogP contribution in [-0.4, -0.2) is 19.9 Å². The highest BCUT2D eigenvalue weighted by atomic mass is 32.1. The monoisotopic (exact) mass is 391 g/mol. The van der Waals surface area contributed by atoms with Crippen molar-refractivity contribution < 1.29 is 5.11 Å². The van der Waals surface area contributed by atoms with E-state index in [1.165, 1.54) is 27.6 Å². The Kier molecular flexibility index (Phi) is 4.62. The fourth-order valence-electron chi connectivity index (χ4n) is 2.68. The lowest BCUT2D eigenvalue weighted by atomic mass is 10.1. The first kappa shape index (κ1) is 17.9. The molecule has 0 atom stereocenters. The summed E-state index contributed by atoms with van der Waals surface area (Å²) in [5, 5.41) is 23.1. The summed E-state index contributed by atoms with van der Waals surface area (Å²) >= 11 is 1.37. The van der Waals surface area contributed by atoms with E-state index in [9.17, 15) is 9.90 Å². The Morgan fingerprint density at radius 3 is 2.64 bits per heavy atom. The number of aromatic amines is 1. The largest absolute Gasteiger partial charge is 0.508 e. The van der Waals surface area contributed by atoms with Gasteiger partial charge in [-0.05, 0) is 26.0 Å². The zero-order valence-electron chi connectivity index (χ0n) is 15.2. The van der Waals surface area contributed by atoms with Crippen molar-refractivity contribution in [3.05, 3.63) is 75.5 Å². The normalized spacial score (nSPS) is 11.4. The molecule has 0 radical (unpaired) electrons. The maximum Gasteiger partial charge on any atom is 0.301 e. The third-order valence-corrected chi connectivity index (χ3v) is 4.99. The first-order valence-corrected chi connectivity index (χ1v) is 9.44. The van der Waals surface area contributed by atoms with Gasteiger partial charge in [0, 0.05) is 17.0 Å². The molecule has 0 spiro atoms. The summed E-state index contributed by atoms with van der Waals surface area (Å²) in [6.07, 6.45) is 0. The van der Waals surface area contributed by atoms with Gasteiger partial charge >= 0.3 is 5.56 Å². The molecule has 4 rings (SSSR count). The van der Waals surface area contributed by atoms with Crippen LogP contribution in [0.15, 0.2) is 68.9 Å². The molecule has 7 nitrogen and oxygen atoms in total. The number of rotatable bonds is 4. The van der Waals surface area contributed by atoms with Gasteiger partial charge in [-0.2, -0.15) is 9.80 Å². The van der Waals surface area contributed by atoms with Crippen LogP contribution in [0.1, 0.15) is 11.3 Å². The number of hydrogen-bond acceptors (Lipinski definition) is 6. The number of nitrogens with one attached hydrogen (secondary N) is 1. The van der Waals surface area contributed by atoms with E-state index in [4.69, 9.17) is 0 Å². The number of phenolic OH excluding ortho intramolecular Hbond substituents is 1. The second-order valence-electron chi connectivity index (χ2n) is 6.33. The molecule has 2 N–H and O–H groups in total. The van der Waals surface area contributed by atoms with Gasteiger partial charge < -0.3 is 5.11 Å². The molecular weight excluding hydrogens is 374 g/mol. The van der Waals surface area contributed by atoms with Crippen molar-refractivity contribution in [3.63, 3.8) is 0 Å². The number of thiazole rings is 1. The standard InChI is InChI=1S/C20H17N5O2S/c1-12-6-8-14(9-7-12)17-11-28-20(21-17)25-19(27)18(13(2)24-25)23-22-15-4-3-5-16(26)10-15/h3-11,24,26H,1-2H3. The molecule has 0 bridgehead atoms. The van der Waals surface area contributed by atoms with Crippen molar-refractivity contribution in [2.75, 3.05) is 0 Å². The van der Waals surface area contributed by atoms with Crippen LogP contribution in [0.2, 0.25) is 0 Å². The Bertz CT molecular complexity index is 1220. The van der Waals surface area contributed by atoms with Crippen LogP contribution in [0, 0.1) is 13.8 Å². The number of benzene rings is 2. The SMILES string of the molecule is Cc1ccc(-c2csc(-n3[nH]c(C)c(N=Nc4cccc(O)c4)c3=O)n2)cc1. The Hall–Kier alpha value is -3.52. The van der Waals surface area contributed by atoms with Gasteiger partial charge in [-0.15, -0.1) is 16.5 Å². The fraction of sp³-hybridized carbons (Fsp3) is 0.100. The van der Waals surface area contributed by atoms with Gasteiger partial charge in [-0.3, -0.25) is 9.89 Å². The second-order valence-corrected chi connectivity index (χ2v) is 7.16. The lowest BCUT2D eigenvalue weighted by Gasteiger charge is -1.97. The predicted octanol–water partition coefficient (Wildman–Crippen LogP) is 5.03. The minimum absolute atomic E-state index is 0.0890. The van der Waals surface area contributed by atoms with Gasteiger partial charge in [0.25, 0.3) is 0 Å². The molecule has 0 fully saturated rings. The lowest BCUT2D eigenvalue weighted by Crippen LogP contribution is -2.13. The van der Waals surface area contributed by atoms with E-state index in [-0.39, 0.29) is 17.0 Å². The van der Waals surface area contributed by atoms with Gasteiger partial charge in [0.15, 0.2) is 5.69 Å². The van der Waals surface area contributed by atoms with E-state index >= 15 is 0 Å². The van der Waals surface area contributed by atoms with Crippen molar-refractivity contribution in [1.82, 2.24) is 14.8 Å². The molecule has 0 amide bonds. The van der Waals surface area contributed by atoms with Crippen LogP contribution in [-0.2, 0) is 0 Å². The van der Waals surface area contributed by atoms with E-state index < -0.39 is 0 Å². The van der Waals surface area contributed by atoms with E-state index in [1.54, 1.807) is 25.1 Å². The van der Waals surface area contributed by atoms with Gasteiger partial charge in [-0.1, -0.05) is 35.9 Å². The minimum Gasteiger partial charge on any atom is -0.508 e. The minimum atomic E-state index is -0.328. The van der Waals surface area contributed by atoms with Crippen LogP contribution >= 0.6 is 11.3 Å². The van der Waals surface area contributed by atoms with Crippen LogP contribution in [0.3, 0.4) is 0 Å². The molecule has 8 heteroatoms. The number of aryl methyl sites for hydroxylation is 2. The number of phenols is 1. The number of aromatic nitrogens is 3. The molecule has 2 aromatic carbocycles. The molecule has 4 aromatic rings. The molecule has 0 aliphatic carbocycles. The quantitative estimate of drug-likeness (QED) is 0.478. The maximum absolute atomic E-state index is 12.8. The molecule has 0 aliphatic rings. The van der Waals surface area contributed by atoms with Crippen molar-refractivity contribution >= 4 is 22.7 Å². The Morgan fingerprint density at radius 2 is 1.89 bits per heavy atom. The van der Waals surface area contributed by atoms with Gasteiger partial charge in [-0.25, -0.2) is 4.98 Å². The highest BCUT2D eigenvalue weighted by molar-refractivity contribution is 7.12. The van der Waals surface area contributed by atoms with Gasteiger partial charge in [0.2, 0.25) is 5.13 Å². The number of nitrogens with zero attached hydrogens (tertiary/aromatic N) is 4. The summed E-state index contributed by atoms with van der Waals surface area (Å²) < 4.78 is 1.37. The average Bonchev–Trinajstić information content (AvgIpc) is 3.26. The zero-order chi connectivity index (χ0) is 19.7. The zero-order valence-corrected chi connectivity index (χ0v) is 16.1. The van der Waals surface area contributed by atoms with Gasteiger partial charge in [0.05, 0.1) is 17.1 Å². The smallest absolute Gasteiger partial charge is 0.301 e. The molecule has 0 saturated heterocycles. The second kappa shape index (κ2) is 7.24. The summed E-state index contributed by atoms with van der Waals surface area (Å²) in [5.74, 6) is 0.0890. The first-order valence-electron chi connectivity index (χ1n) is 8.56. The summed E-state index contributed by atoms with van der Waals surface area (Å²) in [6, 6.07) is 14.4. The number of H-pyrrole nitrogens is 1. The Balaban J connectivity index is 1.66. The molecule has 140 valence electrons. The predicted molar refractivity (Wildman–Crippen MR) is 109 cm³/mol. The van der Waals surface area contributed by atoms with E-state index in [0.29, 0.717) is 16.5 Å². The third kappa shape index (κ3) is 3.49. The highest BCUT2D eigenvalue weighted by Gasteiger charge is 2.15. The molecule has 28 heavy (non-hydrogen) atoms. The van der Waals surface area contributed by atoms with Crippen molar-refractivity contribution in [1.29, 1.82) is 0 Å². The fourth-order valence-corrected chi connectivity index (χ4v) is 3.47. The summed E-state index contributed by atoms with van der Waals surface area (Å²) in [4.78, 5) is 17.3. The van der Waals surface area contributed by atoms with Crippen molar-refractivity contribution in [2.45, 2.75) is 13.8 Å². The molecule has 2 aromatic heterocycles. The maximum atomic E-state index is 12.8.